The largest absolute Gasteiger partial charge is 0.462 e. The van der Waals surface area contributed by atoms with Gasteiger partial charge >= 0.3 is 5.97 Å². The van der Waals surface area contributed by atoms with Crippen LogP contribution in [-0.4, -0.2) is 23.8 Å². The summed E-state index contributed by atoms with van der Waals surface area (Å²) >= 11 is 0. The quantitative estimate of drug-likeness (QED) is 0.714. The number of aliphatic hydroxyl groups excluding tert-OH is 1. The highest BCUT2D eigenvalue weighted by Crippen LogP contribution is 2.21. The van der Waals surface area contributed by atoms with E-state index < -0.39 is 0 Å². The maximum atomic E-state index is 11.5. The number of rotatable bonds is 5. The second-order valence-corrected chi connectivity index (χ2v) is 4.57. The van der Waals surface area contributed by atoms with Crippen LogP contribution in [0.15, 0.2) is 0 Å². The fourth-order valence-electron chi connectivity index (χ4n) is 2.02. The van der Waals surface area contributed by atoms with Gasteiger partial charge in [-0.15, -0.1) is 0 Å². The second-order valence-electron chi connectivity index (χ2n) is 4.57. The van der Waals surface area contributed by atoms with E-state index in [1.807, 2.05) is 6.92 Å². The van der Waals surface area contributed by atoms with Gasteiger partial charge in [0.25, 0.3) is 0 Å². The van der Waals surface area contributed by atoms with Crippen molar-refractivity contribution >= 4 is 5.97 Å². The van der Waals surface area contributed by atoms with Gasteiger partial charge in [0.15, 0.2) is 0 Å². The van der Waals surface area contributed by atoms with E-state index in [0.717, 1.165) is 12.8 Å². The molecule has 3 heteroatoms. The molecule has 0 heterocycles. The fourth-order valence-corrected chi connectivity index (χ4v) is 2.02. The highest BCUT2D eigenvalue weighted by Gasteiger charge is 2.18. The maximum Gasteiger partial charge on any atom is 0.306 e. The Morgan fingerprint density at radius 3 is 2.67 bits per heavy atom. The lowest BCUT2D eigenvalue weighted by molar-refractivity contribution is -0.151. The minimum atomic E-state index is -0.0946. The molecule has 1 aliphatic rings. The first kappa shape index (κ1) is 12.5. The Morgan fingerprint density at radius 1 is 1.40 bits per heavy atom. The predicted octanol–water partition coefficient (Wildman–Crippen LogP) is 2.27. The van der Waals surface area contributed by atoms with Crippen LogP contribution in [0.1, 0.15) is 51.9 Å². The third-order valence-corrected chi connectivity index (χ3v) is 2.99. The molecular weight excluding hydrogens is 192 g/mol. The van der Waals surface area contributed by atoms with Crippen LogP contribution >= 0.6 is 0 Å². The lowest BCUT2D eigenvalue weighted by Crippen LogP contribution is -2.22. The van der Waals surface area contributed by atoms with Crippen molar-refractivity contribution in [2.45, 2.75) is 58.0 Å². The van der Waals surface area contributed by atoms with Crippen molar-refractivity contribution in [3.05, 3.63) is 0 Å². The Morgan fingerprint density at radius 2 is 2.07 bits per heavy atom. The Kier molecular flexibility index (Phi) is 5.69. The number of aliphatic hydroxyl groups is 1. The highest BCUT2D eigenvalue weighted by molar-refractivity contribution is 5.69. The van der Waals surface area contributed by atoms with E-state index in [2.05, 4.69) is 0 Å². The Balaban J connectivity index is 2.16. The Bertz CT molecular complexity index is 185. The topological polar surface area (TPSA) is 46.5 Å². The summed E-state index contributed by atoms with van der Waals surface area (Å²) in [5.41, 5.74) is 0. The smallest absolute Gasteiger partial charge is 0.306 e. The molecule has 15 heavy (non-hydrogen) atoms. The molecule has 0 saturated heterocycles. The summed E-state index contributed by atoms with van der Waals surface area (Å²) in [6.45, 7) is 2.12. The van der Waals surface area contributed by atoms with Gasteiger partial charge in [0.2, 0.25) is 0 Å². The first-order chi connectivity index (χ1) is 7.22. The molecule has 1 atom stereocenters. The summed E-state index contributed by atoms with van der Waals surface area (Å²) in [5, 5.41) is 8.72. The molecule has 0 amide bonds. The lowest BCUT2D eigenvalue weighted by atomic mass is 9.97. The normalized spacial score (nSPS) is 19.9. The number of carbonyl (C=O) groups excluding carboxylic acids is 1. The number of hydrogen-bond acceptors (Lipinski definition) is 3. The van der Waals surface area contributed by atoms with Gasteiger partial charge < -0.3 is 9.84 Å². The van der Waals surface area contributed by atoms with E-state index in [4.69, 9.17) is 9.84 Å². The molecular formula is C12H22O3. The predicted molar refractivity (Wildman–Crippen MR) is 58.4 cm³/mol. The van der Waals surface area contributed by atoms with E-state index in [1.165, 1.54) is 19.3 Å². The average Bonchev–Trinajstić information content (AvgIpc) is 2.19. The van der Waals surface area contributed by atoms with Gasteiger partial charge in [-0.25, -0.2) is 0 Å². The van der Waals surface area contributed by atoms with Gasteiger partial charge in [0.1, 0.15) is 6.10 Å². The van der Waals surface area contributed by atoms with Crippen molar-refractivity contribution in [3.63, 3.8) is 0 Å². The van der Waals surface area contributed by atoms with Crippen molar-refractivity contribution in [2.24, 2.45) is 5.92 Å². The van der Waals surface area contributed by atoms with E-state index >= 15 is 0 Å². The van der Waals surface area contributed by atoms with Gasteiger partial charge in [-0.1, -0.05) is 13.3 Å². The summed E-state index contributed by atoms with van der Waals surface area (Å²) in [6, 6.07) is 0. The highest BCUT2D eigenvalue weighted by atomic mass is 16.5. The zero-order valence-corrected chi connectivity index (χ0v) is 9.58. The summed E-state index contributed by atoms with van der Waals surface area (Å²) in [7, 11) is 0. The minimum absolute atomic E-state index is 0.0946. The van der Waals surface area contributed by atoms with Crippen molar-refractivity contribution in [1.29, 1.82) is 0 Å². The Hall–Kier alpha value is -0.570. The standard InChI is InChI=1S/C12H22O3/c1-10(7-8-13)9-12(14)15-11-5-3-2-4-6-11/h10-11,13H,2-9H2,1H3. The van der Waals surface area contributed by atoms with Crippen LogP contribution in [-0.2, 0) is 9.53 Å². The summed E-state index contributed by atoms with van der Waals surface area (Å²) in [5.74, 6) is 0.133. The third-order valence-electron chi connectivity index (χ3n) is 2.99. The van der Waals surface area contributed by atoms with Gasteiger partial charge in [-0.05, 0) is 38.0 Å². The molecule has 1 aliphatic carbocycles. The summed E-state index contributed by atoms with van der Waals surface area (Å²) < 4.78 is 5.39. The maximum absolute atomic E-state index is 11.5. The first-order valence-corrected chi connectivity index (χ1v) is 6.02. The molecule has 1 rings (SSSR count). The van der Waals surface area contributed by atoms with E-state index in [0.29, 0.717) is 12.8 Å². The van der Waals surface area contributed by atoms with Crippen molar-refractivity contribution < 1.29 is 14.6 Å². The van der Waals surface area contributed by atoms with E-state index in [1.54, 1.807) is 0 Å². The monoisotopic (exact) mass is 214 g/mol. The zero-order valence-electron chi connectivity index (χ0n) is 9.58. The van der Waals surface area contributed by atoms with E-state index in [9.17, 15) is 4.79 Å². The number of hydrogen-bond donors (Lipinski definition) is 1. The summed E-state index contributed by atoms with van der Waals surface area (Å²) in [6.07, 6.45) is 6.98. The zero-order chi connectivity index (χ0) is 11.1. The minimum Gasteiger partial charge on any atom is -0.462 e. The van der Waals surface area contributed by atoms with Crippen molar-refractivity contribution in [2.75, 3.05) is 6.61 Å². The van der Waals surface area contributed by atoms with Gasteiger partial charge in [0, 0.05) is 13.0 Å². The van der Waals surface area contributed by atoms with Crippen LogP contribution in [0.5, 0.6) is 0 Å². The van der Waals surface area contributed by atoms with Crippen LogP contribution in [0, 0.1) is 5.92 Å². The Labute approximate surface area is 91.8 Å². The molecule has 0 spiro atoms. The molecule has 0 aromatic heterocycles. The molecule has 3 nitrogen and oxygen atoms in total. The third kappa shape index (κ3) is 5.17. The molecule has 0 aliphatic heterocycles. The molecule has 0 radical (unpaired) electrons. The molecule has 1 N–H and O–H groups in total. The number of carbonyl (C=O) groups is 1. The summed E-state index contributed by atoms with van der Waals surface area (Å²) in [4.78, 5) is 11.5. The molecule has 1 saturated carbocycles. The molecule has 0 aromatic rings. The molecule has 0 bridgehead atoms. The van der Waals surface area contributed by atoms with Crippen molar-refractivity contribution in [3.8, 4) is 0 Å². The van der Waals surface area contributed by atoms with Crippen LogP contribution in [0.3, 0.4) is 0 Å². The number of ether oxygens (including phenoxy) is 1. The second kappa shape index (κ2) is 6.83. The average molecular weight is 214 g/mol. The van der Waals surface area contributed by atoms with Gasteiger partial charge in [0.05, 0.1) is 0 Å². The first-order valence-electron chi connectivity index (χ1n) is 6.02. The van der Waals surface area contributed by atoms with Gasteiger partial charge in [-0.3, -0.25) is 4.79 Å². The molecule has 0 aromatic carbocycles. The lowest BCUT2D eigenvalue weighted by Gasteiger charge is -2.22. The van der Waals surface area contributed by atoms with Crippen LogP contribution in [0.2, 0.25) is 0 Å². The van der Waals surface area contributed by atoms with Crippen LogP contribution in [0.25, 0.3) is 0 Å². The fraction of sp³-hybridized carbons (Fsp3) is 0.917. The van der Waals surface area contributed by atoms with Crippen LogP contribution < -0.4 is 0 Å². The van der Waals surface area contributed by atoms with Crippen molar-refractivity contribution in [1.82, 2.24) is 0 Å². The molecule has 88 valence electrons. The molecule has 1 unspecified atom stereocenters. The SMILES string of the molecule is CC(CCO)CC(=O)OC1CCCCC1. The molecule has 1 fully saturated rings. The number of esters is 1. The van der Waals surface area contributed by atoms with Crippen LogP contribution in [0.4, 0.5) is 0 Å². The van der Waals surface area contributed by atoms with Gasteiger partial charge in [-0.2, -0.15) is 0 Å². The van der Waals surface area contributed by atoms with E-state index in [-0.39, 0.29) is 24.6 Å².